The van der Waals surface area contributed by atoms with E-state index in [1.54, 1.807) is 0 Å². The second-order valence-electron chi connectivity index (χ2n) is 4.66. The lowest BCUT2D eigenvalue weighted by atomic mass is 10.1. The zero-order chi connectivity index (χ0) is 14.6. The molecule has 3 N–H and O–H groups in total. The van der Waals surface area contributed by atoms with Gasteiger partial charge in [-0.1, -0.05) is 0 Å². The third-order valence-electron chi connectivity index (χ3n) is 3.08. The van der Waals surface area contributed by atoms with Gasteiger partial charge in [-0.15, -0.1) is 0 Å². The van der Waals surface area contributed by atoms with Crippen molar-refractivity contribution in [1.82, 2.24) is 0 Å². The van der Waals surface area contributed by atoms with Crippen LogP contribution in [0.5, 0.6) is 0 Å². The first kappa shape index (κ1) is 13.3. The van der Waals surface area contributed by atoms with Gasteiger partial charge in [0.2, 0.25) is 0 Å². The maximum Gasteiger partial charge on any atom is 0.335 e. The van der Waals surface area contributed by atoms with Gasteiger partial charge in [0.05, 0.1) is 16.9 Å². The van der Waals surface area contributed by atoms with Crippen molar-refractivity contribution in [2.24, 2.45) is 0 Å². The average Bonchev–Trinajstić information content (AvgIpc) is 2.30. The number of nitrogens with zero attached hydrogens (tertiary/aromatic N) is 1. The van der Waals surface area contributed by atoms with Crippen molar-refractivity contribution in [3.05, 3.63) is 23.8 Å². The number of nitrogens with two attached hydrogens (primary N) is 1. The molecule has 1 aliphatic rings. The van der Waals surface area contributed by atoms with Crippen LogP contribution in [-0.4, -0.2) is 30.1 Å². The van der Waals surface area contributed by atoms with Crippen LogP contribution in [0.3, 0.4) is 0 Å². The summed E-state index contributed by atoms with van der Waals surface area (Å²) in [6.07, 6.45) is 0. The number of carboxylic acids is 1. The number of carbonyl (C=O) groups is 2. The Morgan fingerprint density at radius 2 is 1.95 bits per heavy atom. The van der Waals surface area contributed by atoms with Crippen LogP contribution in [0.4, 0.5) is 11.4 Å². The van der Waals surface area contributed by atoms with Gasteiger partial charge in [-0.25, -0.2) is 17.5 Å². The number of sulfonamides is 1. The summed E-state index contributed by atoms with van der Waals surface area (Å²) in [7, 11) is -3.80. The maximum atomic E-state index is 12.0. The third-order valence-corrected chi connectivity index (χ3v) is 5.39. The topological polar surface area (TPSA) is 118 Å². The SMILES string of the molecule is CC1(C)C(=O)N(c2ccc(C(=O)O)cc2N)S1(=O)=O. The molecule has 2 rings (SSSR count). The minimum atomic E-state index is -3.80. The van der Waals surface area contributed by atoms with Crippen molar-refractivity contribution >= 4 is 33.3 Å². The van der Waals surface area contributed by atoms with E-state index in [1.807, 2.05) is 0 Å². The molecule has 0 aliphatic carbocycles. The highest BCUT2D eigenvalue weighted by molar-refractivity contribution is 7.98. The summed E-state index contributed by atoms with van der Waals surface area (Å²) in [6, 6.07) is 3.53. The number of benzene rings is 1. The van der Waals surface area contributed by atoms with Gasteiger partial charge in [-0.2, -0.15) is 0 Å². The molecule has 1 amide bonds. The highest BCUT2D eigenvalue weighted by Crippen LogP contribution is 2.41. The third kappa shape index (κ3) is 1.60. The van der Waals surface area contributed by atoms with Crippen LogP contribution in [0, 0.1) is 0 Å². The first-order valence-electron chi connectivity index (χ1n) is 5.33. The van der Waals surface area contributed by atoms with Crippen LogP contribution in [0.15, 0.2) is 18.2 Å². The van der Waals surface area contributed by atoms with E-state index in [9.17, 15) is 18.0 Å². The van der Waals surface area contributed by atoms with Gasteiger partial charge in [-0.05, 0) is 32.0 Å². The number of aromatic carboxylic acids is 1. The standard InChI is InChI=1S/C11H12N2O5S/c1-11(2)10(16)13(19(11,17)18)8-4-3-6(9(14)15)5-7(8)12/h3-5H,12H2,1-2H3,(H,14,15). The highest BCUT2D eigenvalue weighted by atomic mass is 32.2. The first-order valence-corrected chi connectivity index (χ1v) is 6.77. The summed E-state index contributed by atoms with van der Waals surface area (Å²) in [5, 5.41) is 8.79. The molecular weight excluding hydrogens is 272 g/mol. The second kappa shape index (κ2) is 3.70. The van der Waals surface area contributed by atoms with Gasteiger partial charge in [0.25, 0.3) is 15.9 Å². The number of hydrogen-bond acceptors (Lipinski definition) is 5. The minimum absolute atomic E-state index is 0.0191. The van der Waals surface area contributed by atoms with Crippen molar-refractivity contribution in [2.75, 3.05) is 10.0 Å². The Labute approximate surface area is 109 Å². The maximum absolute atomic E-state index is 12.0. The molecule has 0 spiro atoms. The predicted octanol–water partition coefficient (Wildman–Crippen LogP) is 0.422. The summed E-state index contributed by atoms with van der Waals surface area (Å²) in [5.74, 6) is -1.78. The Balaban J connectivity index is 2.51. The lowest BCUT2D eigenvalue weighted by molar-refractivity contribution is -0.120. The fraction of sp³-hybridized carbons (Fsp3) is 0.273. The molecule has 0 saturated carbocycles. The predicted molar refractivity (Wildman–Crippen MR) is 68.3 cm³/mol. The number of carboxylic acid groups (broad SMARTS) is 1. The van der Waals surface area contributed by atoms with Crippen LogP contribution in [0.25, 0.3) is 0 Å². The van der Waals surface area contributed by atoms with E-state index in [0.717, 1.165) is 6.07 Å². The molecule has 0 radical (unpaired) electrons. The molecule has 0 bridgehead atoms. The molecular formula is C11H12N2O5S. The number of amides is 1. The molecule has 1 fully saturated rings. The Bertz CT molecular complexity index is 693. The molecule has 0 aromatic heterocycles. The molecule has 1 aromatic carbocycles. The molecule has 8 heteroatoms. The van der Waals surface area contributed by atoms with Gasteiger partial charge >= 0.3 is 5.97 Å². The monoisotopic (exact) mass is 284 g/mol. The number of anilines is 2. The number of hydrogen-bond donors (Lipinski definition) is 2. The molecule has 1 aliphatic heterocycles. The van der Waals surface area contributed by atoms with Crippen molar-refractivity contribution in [3.63, 3.8) is 0 Å². The Hall–Kier alpha value is -2.09. The molecule has 1 saturated heterocycles. The van der Waals surface area contributed by atoms with E-state index >= 15 is 0 Å². The number of rotatable bonds is 2. The molecule has 0 atom stereocenters. The summed E-state index contributed by atoms with van der Waals surface area (Å²) < 4.78 is 23.1. The van der Waals surface area contributed by atoms with E-state index in [-0.39, 0.29) is 16.9 Å². The Morgan fingerprint density at radius 1 is 1.37 bits per heavy atom. The fourth-order valence-electron chi connectivity index (χ4n) is 1.76. The zero-order valence-corrected chi connectivity index (χ0v) is 11.1. The van der Waals surface area contributed by atoms with E-state index in [2.05, 4.69) is 0 Å². The van der Waals surface area contributed by atoms with E-state index < -0.39 is 26.6 Å². The summed E-state index contributed by atoms with van der Waals surface area (Å²) in [5.41, 5.74) is 5.45. The largest absolute Gasteiger partial charge is 0.478 e. The molecule has 7 nitrogen and oxygen atoms in total. The fourth-order valence-corrected chi connectivity index (χ4v) is 3.27. The zero-order valence-electron chi connectivity index (χ0n) is 10.2. The molecule has 1 heterocycles. The van der Waals surface area contributed by atoms with Gasteiger partial charge in [-0.3, -0.25) is 4.79 Å². The van der Waals surface area contributed by atoms with Gasteiger partial charge in [0, 0.05) is 0 Å². The molecule has 102 valence electrons. The summed E-state index contributed by atoms with van der Waals surface area (Å²) >= 11 is 0. The lowest BCUT2D eigenvalue weighted by Gasteiger charge is -2.43. The molecule has 0 unspecified atom stereocenters. The van der Waals surface area contributed by atoms with Crippen LogP contribution in [0.2, 0.25) is 0 Å². The van der Waals surface area contributed by atoms with Gasteiger partial charge < -0.3 is 10.8 Å². The van der Waals surface area contributed by atoms with Crippen LogP contribution in [0.1, 0.15) is 24.2 Å². The van der Waals surface area contributed by atoms with Crippen molar-refractivity contribution in [3.8, 4) is 0 Å². The van der Waals surface area contributed by atoms with Crippen LogP contribution >= 0.6 is 0 Å². The van der Waals surface area contributed by atoms with Gasteiger partial charge in [0.1, 0.15) is 0 Å². The van der Waals surface area contributed by atoms with E-state index in [4.69, 9.17) is 10.8 Å². The lowest BCUT2D eigenvalue weighted by Crippen LogP contribution is -2.67. The minimum Gasteiger partial charge on any atom is -0.478 e. The molecule has 1 aromatic rings. The van der Waals surface area contributed by atoms with Crippen LogP contribution < -0.4 is 10.0 Å². The average molecular weight is 284 g/mol. The summed E-state index contributed by atoms with van der Waals surface area (Å²) in [6.45, 7) is 2.62. The number of nitrogen functional groups attached to an aromatic ring is 1. The molecule has 19 heavy (non-hydrogen) atoms. The highest BCUT2D eigenvalue weighted by Gasteiger charge is 2.61. The van der Waals surface area contributed by atoms with Crippen molar-refractivity contribution < 1.29 is 23.1 Å². The van der Waals surface area contributed by atoms with E-state index in [1.165, 1.54) is 26.0 Å². The normalized spacial score (nSPS) is 19.9. The number of carbonyl (C=O) groups excluding carboxylic acids is 1. The second-order valence-corrected chi connectivity index (χ2v) is 7.00. The first-order chi connectivity index (χ1) is 8.60. The Morgan fingerprint density at radius 3 is 2.37 bits per heavy atom. The summed E-state index contributed by atoms with van der Waals surface area (Å²) in [4.78, 5) is 22.6. The van der Waals surface area contributed by atoms with E-state index in [0.29, 0.717) is 4.31 Å². The quantitative estimate of drug-likeness (QED) is 0.760. The smallest absolute Gasteiger partial charge is 0.335 e. The van der Waals surface area contributed by atoms with Crippen molar-refractivity contribution in [2.45, 2.75) is 18.6 Å². The van der Waals surface area contributed by atoms with Crippen molar-refractivity contribution in [1.29, 1.82) is 0 Å². The van der Waals surface area contributed by atoms with Gasteiger partial charge in [0.15, 0.2) is 4.75 Å². The Kier molecular flexibility index (Phi) is 2.60. The van der Waals surface area contributed by atoms with Crippen LogP contribution in [-0.2, 0) is 14.8 Å².